The first kappa shape index (κ1) is 16.9. The number of carbonyl (C=O) groups is 1. The van der Waals surface area contributed by atoms with Crippen molar-refractivity contribution in [2.75, 3.05) is 57.4 Å². The van der Waals surface area contributed by atoms with Gasteiger partial charge in [-0.1, -0.05) is 11.6 Å². The van der Waals surface area contributed by atoms with Crippen molar-refractivity contribution in [2.45, 2.75) is 18.6 Å². The van der Waals surface area contributed by atoms with Crippen molar-refractivity contribution in [3.8, 4) is 0 Å². The molecule has 4 rings (SSSR count). The van der Waals surface area contributed by atoms with Crippen molar-refractivity contribution in [2.24, 2.45) is 0 Å². The molecule has 2 unspecified atom stereocenters. The Labute approximate surface area is 152 Å². The summed E-state index contributed by atoms with van der Waals surface area (Å²) in [6.07, 6.45) is 2.35. The van der Waals surface area contributed by atoms with E-state index in [2.05, 4.69) is 14.8 Å². The Bertz CT molecular complexity index is 608. The van der Waals surface area contributed by atoms with Crippen molar-refractivity contribution in [3.63, 3.8) is 0 Å². The summed E-state index contributed by atoms with van der Waals surface area (Å²) in [7, 11) is 0. The summed E-state index contributed by atoms with van der Waals surface area (Å²) in [5.74, 6) is 0.878. The molecule has 0 radical (unpaired) electrons. The number of amides is 1. The van der Waals surface area contributed by atoms with Gasteiger partial charge in [0.2, 0.25) is 0 Å². The van der Waals surface area contributed by atoms with Crippen LogP contribution in [0.2, 0.25) is 5.02 Å². The zero-order valence-corrected chi connectivity index (χ0v) is 14.9. The van der Waals surface area contributed by atoms with Gasteiger partial charge in [-0.2, -0.15) is 0 Å². The summed E-state index contributed by atoms with van der Waals surface area (Å²) < 4.78 is 10.9. The minimum Gasteiger partial charge on any atom is -0.442 e. The molecular formula is C17H23ClN4O3. The van der Waals surface area contributed by atoms with Crippen LogP contribution in [0.15, 0.2) is 18.3 Å². The van der Waals surface area contributed by atoms with Gasteiger partial charge in [0.05, 0.1) is 30.8 Å². The Balaban J connectivity index is 1.32. The number of carbonyl (C=O) groups excluding carboxylic acids is 1. The maximum atomic E-state index is 12.2. The van der Waals surface area contributed by atoms with Crippen LogP contribution in [0.4, 0.5) is 10.6 Å². The van der Waals surface area contributed by atoms with E-state index < -0.39 is 0 Å². The van der Waals surface area contributed by atoms with Crippen molar-refractivity contribution in [1.82, 2.24) is 14.8 Å². The van der Waals surface area contributed by atoms with Gasteiger partial charge in [-0.25, -0.2) is 9.78 Å². The zero-order chi connectivity index (χ0) is 17.2. The number of pyridine rings is 1. The molecule has 3 aliphatic rings. The fraction of sp³-hybridized carbons (Fsp3) is 0.647. The topological polar surface area (TPSA) is 58.1 Å². The Kier molecular flexibility index (Phi) is 4.96. The van der Waals surface area contributed by atoms with Crippen LogP contribution in [0.25, 0.3) is 0 Å². The average molecular weight is 367 g/mol. The van der Waals surface area contributed by atoms with E-state index in [4.69, 9.17) is 21.1 Å². The quantitative estimate of drug-likeness (QED) is 0.786. The van der Waals surface area contributed by atoms with Gasteiger partial charge in [0.1, 0.15) is 11.9 Å². The lowest BCUT2D eigenvalue weighted by atomic mass is 10.2. The highest BCUT2D eigenvalue weighted by Crippen LogP contribution is 2.30. The van der Waals surface area contributed by atoms with Gasteiger partial charge in [-0.15, -0.1) is 0 Å². The van der Waals surface area contributed by atoms with E-state index in [1.54, 1.807) is 6.20 Å². The summed E-state index contributed by atoms with van der Waals surface area (Å²) in [5, 5.41) is 0.624. The molecule has 0 N–H and O–H groups in total. The summed E-state index contributed by atoms with van der Waals surface area (Å²) in [4.78, 5) is 23.0. The van der Waals surface area contributed by atoms with Gasteiger partial charge in [0, 0.05) is 38.9 Å². The van der Waals surface area contributed by atoms with Crippen molar-refractivity contribution >= 4 is 23.5 Å². The molecule has 0 saturated carbocycles. The van der Waals surface area contributed by atoms with Gasteiger partial charge in [0.15, 0.2) is 0 Å². The van der Waals surface area contributed by atoms with E-state index >= 15 is 0 Å². The number of halogens is 1. The molecule has 2 atom stereocenters. The second kappa shape index (κ2) is 7.35. The van der Waals surface area contributed by atoms with Crippen LogP contribution in [-0.4, -0.2) is 85.5 Å². The lowest BCUT2D eigenvalue weighted by molar-refractivity contribution is 0.0363. The molecule has 0 bridgehead atoms. The Hall–Kier alpha value is -1.57. The summed E-state index contributed by atoms with van der Waals surface area (Å²) in [6.45, 7) is 6.73. The highest BCUT2D eigenvalue weighted by atomic mass is 35.5. The molecule has 0 spiro atoms. The zero-order valence-electron chi connectivity index (χ0n) is 14.1. The van der Waals surface area contributed by atoms with Gasteiger partial charge in [0.25, 0.3) is 0 Å². The fourth-order valence-corrected chi connectivity index (χ4v) is 3.90. The molecule has 3 saturated heterocycles. The van der Waals surface area contributed by atoms with Gasteiger partial charge in [-0.05, 0) is 18.6 Å². The molecular weight excluding hydrogens is 344 g/mol. The van der Waals surface area contributed by atoms with E-state index in [9.17, 15) is 4.79 Å². The van der Waals surface area contributed by atoms with Crippen LogP contribution in [-0.2, 0) is 9.47 Å². The fourth-order valence-electron chi connectivity index (χ4n) is 3.79. The van der Waals surface area contributed by atoms with Gasteiger partial charge >= 0.3 is 6.09 Å². The van der Waals surface area contributed by atoms with Crippen LogP contribution in [0.3, 0.4) is 0 Å². The van der Waals surface area contributed by atoms with E-state index in [0.717, 1.165) is 58.2 Å². The summed E-state index contributed by atoms with van der Waals surface area (Å²) in [6, 6.07) is 3.85. The monoisotopic (exact) mass is 366 g/mol. The molecule has 3 aliphatic heterocycles. The van der Waals surface area contributed by atoms with Crippen molar-refractivity contribution < 1.29 is 14.3 Å². The molecule has 0 aliphatic carbocycles. The highest BCUT2D eigenvalue weighted by molar-refractivity contribution is 6.30. The number of aromatic nitrogens is 1. The van der Waals surface area contributed by atoms with E-state index in [0.29, 0.717) is 11.6 Å². The molecule has 3 fully saturated rings. The summed E-state index contributed by atoms with van der Waals surface area (Å²) >= 11 is 5.91. The lowest BCUT2D eigenvalue weighted by Crippen LogP contribution is -2.41. The number of morpholine rings is 1. The first-order valence-electron chi connectivity index (χ1n) is 8.84. The number of hydrogen-bond donors (Lipinski definition) is 0. The normalized spacial score (nSPS) is 26.8. The number of anilines is 1. The standard InChI is InChI=1S/C17H23ClN4O3/c18-13-2-3-16(19-10-13)21-11-14-15(12-21)25-17(23)22(14)5-1-4-20-6-8-24-9-7-20/h2-3,10,14-15H,1,4-9,11-12H2. The number of hydrogen-bond acceptors (Lipinski definition) is 6. The SMILES string of the molecule is O=C1OC2CN(c3ccc(Cl)cn3)CC2N1CCCN1CCOCC1. The second-order valence-electron chi connectivity index (χ2n) is 6.73. The molecule has 0 aromatic carbocycles. The van der Waals surface area contributed by atoms with Crippen LogP contribution < -0.4 is 4.90 Å². The van der Waals surface area contributed by atoms with Gasteiger partial charge < -0.3 is 14.4 Å². The molecule has 1 amide bonds. The Morgan fingerprint density at radius 1 is 1.20 bits per heavy atom. The number of rotatable bonds is 5. The third-order valence-electron chi connectivity index (χ3n) is 5.14. The van der Waals surface area contributed by atoms with Crippen molar-refractivity contribution in [1.29, 1.82) is 0 Å². The molecule has 136 valence electrons. The van der Waals surface area contributed by atoms with Crippen molar-refractivity contribution in [3.05, 3.63) is 23.4 Å². The largest absolute Gasteiger partial charge is 0.442 e. The first-order valence-corrected chi connectivity index (χ1v) is 9.22. The third-order valence-corrected chi connectivity index (χ3v) is 5.36. The average Bonchev–Trinajstić information content (AvgIpc) is 3.15. The smallest absolute Gasteiger partial charge is 0.410 e. The van der Waals surface area contributed by atoms with Crippen LogP contribution in [0.1, 0.15) is 6.42 Å². The second-order valence-corrected chi connectivity index (χ2v) is 7.17. The third kappa shape index (κ3) is 3.68. The van der Waals surface area contributed by atoms with Crippen LogP contribution in [0.5, 0.6) is 0 Å². The number of nitrogens with zero attached hydrogens (tertiary/aromatic N) is 4. The Morgan fingerprint density at radius 3 is 2.80 bits per heavy atom. The predicted molar refractivity (Wildman–Crippen MR) is 94.1 cm³/mol. The Morgan fingerprint density at radius 2 is 2.04 bits per heavy atom. The predicted octanol–water partition coefficient (Wildman–Crippen LogP) is 1.47. The molecule has 1 aromatic heterocycles. The maximum absolute atomic E-state index is 12.2. The minimum atomic E-state index is -0.180. The van der Waals surface area contributed by atoms with Crippen LogP contribution >= 0.6 is 11.6 Å². The van der Waals surface area contributed by atoms with Crippen LogP contribution in [0, 0.1) is 0 Å². The molecule has 4 heterocycles. The first-order chi connectivity index (χ1) is 12.2. The molecule has 1 aromatic rings. The number of fused-ring (bicyclic) bond motifs is 1. The van der Waals surface area contributed by atoms with E-state index in [-0.39, 0.29) is 18.2 Å². The minimum absolute atomic E-state index is 0.0756. The number of ether oxygens (including phenoxy) is 2. The maximum Gasteiger partial charge on any atom is 0.410 e. The molecule has 7 nitrogen and oxygen atoms in total. The lowest BCUT2D eigenvalue weighted by Gasteiger charge is -2.28. The van der Waals surface area contributed by atoms with E-state index in [1.807, 2.05) is 17.0 Å². The van der Waals surface area contributed by atoms with E-state index in [1.165, 1.54) is 0 Å². The highest BCUT2D eigenvalue weighted by Gasteiger charge is 2.47. The van der Waals surface area contributed by atoms with Gasteiger partial charge in [-0.3, -0.25) is 9.80 Å². The molecule has 8 heteroatoms. The molecule has 25 heavy (non-hydrogen) atoms. The summed E-state index contributed by atoms with van der Waals surface area (Å²) in [5.41, 5.74) is 0.